The van der Waals surface area contributed by atoms with Gasteiger partial charge in [-0.25, -0.2) is 8.42 Å². The predicted octanol–water partition coefficient (Wildman–Crippen LogP) is 3.84. The highest BCUT2D eigenvalue weighted by Crippen LogP contribution is 2.37. The maximum Gasteiger partial charge on any atom is 0.279 e. The molecular weight excluding hydrogens is 462 g/mol. The fourth-order valence-corrected chi connectivity index (χ4v) is 5.37. The van der Waals surface area contributed by atoms with Crippen molar-refractivity contribution in [2.24, 2.45) is 5.10 Å². The van der Waals surface area contributed by atoms with E-state index in [4.69, 9.17) is 16.0 Å². The van der Waals surface area contributed by atoms with Crippen molar-refractivity contribution in [1.82, 2.24) is 4.41 Å². The topological polar surface area (TPSA) is 109 Å². The Bertz CT molecular complexity index is 1340. The SMILES string of the molecule is CS(=O)(=O)Nc1cccc(C2=NN(S(=O)(=O)c3ccc(Cl)cc3)[C@@H](c3ccco3)C2)c1. The number of halogens is 1. The van der Waals surface area contributed by atoms with Crippen LogP contribution in [0.25, 0.3) is 0 Å². The van der Waals surface area contributed by atoms with Crippen LogP contribution in [0, 0.1) is 0 Å². The molecule has 1 atom stereocenters. The van der Waals surface area contributed by atoms with Crippen molar-refractivity contribution in [3.63, 3.8) is 0 Å². The van der Waals surface area contributed by atoms with E-state index in [0.29, 0.717) is 27.7 Å². The lowest BCUT2D eigenvalue weighted by Gasteiger charge is -2.21. The number of hydrogen-bond donors (Lipinski definition) is 1. The van der Waals surface area contributed by atoms with Gasteiger partial charge in [-0.1, -0.05) is 23.7 Å². The molecule has 31 heavy (non-hydrogen) atoms. The number of nitrogens with zero attached hydrogens (tertiary/aromatic N) is 2. The first-order chi connectivity index (χ1) is 14.6. The normalized spacial score (nSPS) is 16.9. The molecule has 0 aliphatic carbocycles. The maximum atomic E-state index is 13.3. The molecule has 0 amide bonds. The second-order valence-corrected chi connectivity index (χ2v) is 10.9. The molecule has 1 aliphatic heterocycles. The van der Waals surface area contributed by atoms with Crippen molar-refractivity contribution in [1.29, 1.82) is 0 Å². The monoisotopic (exact) mass is 479 g/mol. The van der Waals surface area contributed by atoms with E-state index in [9.17, 15) is 16.8 Å². The first-order valence-electron chi connectivity index (χ1n) is 9.12. The average molecular weight is 480 g/mol. The van der Waals surface area contributed by atoms with Gasteiger partial charge in [0.05, 0.1) is 23.1 Å². The van der Waals surface area contributed by atoms with E-state index < -0.39 is 26.1 Å². The summed E-state index contributed by atoms with van der Waals surface area (Å²) in [6.45, 7) is 0. The summed E-state index contributed by atoms with van der Waals surface area (Å²) in [6.07, 6.45) is 2.78. The Morgan fingerprint density at radius 1 is 1.06 bits per heavy atom. The van der Waals surface area contributed by atoms with Crippen LogP contribution < -0.4 is 4.72 Å². The number of furan rings is 1. The molecule has 3 aromatic rings. The second-order valence-electron chi connectivity index (χ2n) is 6.97. The highest BCUT2D eigenvalue weighted by molar-refractivity contribution is 7.92. The molecule has 1 N–H and O–H groups in total. The van der Waals surface area contributed by atoms with Gasteiger partial charge in [0, 0.05) is 17.1 Å². The summed E-state index contributed by atoms with van der Waals surface area (Å²) in [6, 6.07) is 15.1. The molecule has 0 bridgehead atoms. The molecule has 0 spiro atoms. The van der Waals surface area contributed by atoms with E-state index in [1.165, 1.54) is 30.5 Å². The molecule has 2 heterocycles. The van der Waals surface area contributed by atoms with Gasteiger partial charge in [-0.15, -0.1) is 0 Å². The summed E-state index contributed by atoms with van der Waals surface area (Å²) in [5.74, 6) is 0.446. The lowest BCUT2D eigenvalue weighted by atomic mass is 10.0. The van der Waals surface area contributed by atoms with Crippen LogP contribution in [-0.4, -0.2) is 33.2 Å². The van der Waals surface area contributed by atoms with Crippen molar-refractivity contribution >= 4 is 43.0 Å². The summed E-state index contributed by atoms with van der Waals surface area (Å²) in [4.78, 5) is 0.0472. The molecule has 8 nitrogen and oxygen atoms in total. The smallest absolute Gasteiger partial charge is 0.279 e. The molecule has 1 aliphatic rings. The predicted molar refractivity (Wildman–Crippen MR) is 118 cm³/mol. The third kappa shape index (κ3) is 4.60. The van der Waals surface area contributed by atoms with Gasteiger partial charge in [0.25, 0.3) is 10.0 Å². The van der Waals surface area contributed by atoms with Crippen molar-refractivity contribution in [2.75, 3.05) is 11.0 Å². The summed E-state index contributed by atoms with van der Waals surface area (Å²) in [5, 5.41) is 4.81. The van der Waals surface area contributed by atoms with Crippen molar-refractivity contribution in [3.8, 4) is 0 Å². The van der Waals surface area contributed by atoms with E-state index in [1.54, 1.807) is 36.4 Å². The number of hydrogen-bond acceptors (Lipinski definition) is 6. The number of nitrogens with one attached hydrogen (secondary N) is 1. The number of anilines is 1. The van der Waals surface area contributed by atoms with Crippen LogP contribution in [0.3, 0.4) is 0 Å². The molecule has 0 fully saturated rings. The standard InChI is InChI=1S/C20H18ClN3O5S2/c1-30(25,26)23-16-5-2-4-14(12-16)18-13-19(20-6-3-11-29-20)24(22-18)31(27,28)17-9-7-15(21)8-10-17/h2-12,19,23H,13H2,1H3/t19-/m1/s1. The fourth-order valence-electron chi connectivity index (χ4n) is 3.27. The van der Waals surface area contributed by atoms with Crippen LogP contribution >= 0.6 is 11.6 Å². The van der Waals surface area contributed by atoms with Gasteiger partial charge in [0.1, 0.15) is 11.8 Å². The summed E-state index contributed by atoms with van der Waals surface area (Å²) in [5.41, 5.74) is 1.44. The van der Waals surface area contributed by atoms with Crippen molar-refractivity contribution < 1.29 is 21.3 Å². The van der Waals surface area contributed by atoms with Gasteiger partial charge in [0.2, 0.25) is 10.0 Å². The Kier molecular flexibility index (Phi) is 5.54. The molecule has 162 valence electrons. The van der Waals surface area contributed by atoms with E-state index >= 15 is 0 Å². The van der Waals surface area contributed by atoms with Gasteiger partial charge in [-0.2, -0.15) is 17.9 Å². The molecule has 0 saturated carbocycles. The highest BCUT2D eigenvalue weighted by atomic mass is 35.5. The lowest BCUT2D eigenvalue weighted by molar-refractivity contribution is 0.320. The maximum absolute atomic E-state index is 13.3. The Balaban J connectivity index is 1.76. The largest absolute Gasteiger partial charge is 0.467 e. The summed E-state index contributed by atoms with van der Waals surface area (Å²) < 4.78 is 58.7. The zero-order chi connectivity index (χ0) is 22.2. The van der Waals surface area contributed by atoms with Crippen LogP contribution in [0.4, 0.5) is 5.69 Å². The molecule has 2 aromatic carbocycles. The molecule has 0 radical (unpaired) electrons. The van der Waals surface area contributed by atoms with E-state index in [1.807, 2.05) is 0 Å². The molecule has 1 aromatic heterocycles. The molecular formula is C20H18ClN3O5S2. The third-order valence-electron chi connectivity index (χ3n) is 4.60. The molecule has 0 unspecified atom stereocenters. The van der Waals surface area contributed by atoms with Gasteiger partial charge in [-0.3, -0.25) is 4.72 Å². The van der Waals surface area contributed by atoms with Gasteiger partial charge in [-0.05, 0) is 54.1 Å². The molecule has 4 rings (SSSR count). The Morgan fingerprint density at radius 2 is 1.81 bits per heavy atom. The number of benzene rings is 2. The number of rotatable bonds is 6. The van der Waals surface area contributed by atoms with E-state index in [0.717, 1.165) is 10.7 Å². The summed E-state index contributed by atoms with van der Waals surface area (Å²) in [7, 11) is -7.45. The van der Waals surface area contributed by atoms with Gasteiger partial charge >= 0.3 is 0 Å². The Labute approximate surface area is 185 Å². The van der Waals surface area contributed by atoms with Crippen LogP contribution in [-0.2, 0) is 20.0 Å². The van der Waals surface area contributed by atoms with Crippen LogP contribution in [0.1, 0.15) is 23.8 Å². The third-order valence-corrected chi connectivity index (χ3v) is 7.16. The zero-order valence-electron chi connectivity index (χ0n) is 16.3. The van der Waals surface area contributed by atoms with E-state index in [2.05, 4.69) is 9.82 Å². The molecule has 0 saturated heterocycles. The minimum Gasteiger partial charge on any atom is -0.467 e. The average Bonchev–Trinajstić information content (AvgIpc) is 3.37. The number of sulfonamides is 2. The van der Waals surface area contributed by atoms with Crippen molar-refractivity contribution in [3.05, 3.63) is 83.3 Å². The minimum atomic E-state index is -3.99. The van der Waals surface area contributed by atoms with Crippen LogP contribution in [0.15, 0.2) is 81.3 Å². The quantitative estimate of drug-likeness (QED) is 0.577. The Morgan fingerprint density at radius 3 is 2.45 bits per heavy atom. The second kappa shape index (κ2) is 8.03. The van der Waals surface area contributed by atoms with Gasteiger partial charge in [0.15, 0.2) is 0 Å². The fraction of sp³-hybridized carbons (Fsp3) is 0.150. The lowest BCUT2D eigenvalue weighted by Crippen LogP contribution is -2.27. The first kappa shape index (κ1) is 21.4. The highest BCUT2D eigenvalue weighted by Gasteiger charge is 2.39. The summed E-state index contributed by atoms with van der Waals surface area (Å²) >= 11 is 5.90. The van der Waals surface area contributed by atoms with Gasteiger partial charge < -0.3 is 4.42 Å². The van der Waals surface area contributed by atoms with Crippen molar-refractivity contribution in [2.45, 2.75) is 17.4 Å². The first-order valence-corrected chi connectivity index (χ1v) is 12.8. The van der Waals surface area contributed by atoms with E-state index in [-0.39, 0.29) is 11.3 Å². The Hall–Kier alpha value is -2.82. The van der Waals surface area contributed by atoms with Crippen LogP contribution in [0.2, 0.25) is 5.02 Å². The number of hydrazone groups is 1. The zero-order valence-corrected chi connectivity index (χ0v) is 18.7. The minimum absolute atomic E-state index is 0.0472. The molecule has 11 heteroatoms. The van der Waals surface area contributed by atoms with Crippen LogP contribution in [0.5, 0.6) is 0 Å².